The van der Waals surface area contributed by atoms with Crippen molar-refractivity contribution in [1.82, 2.24) is 10.2 Å². The van der Waals surface area contributed by atoms with Gasteiger partial charge >= 0.3 is 5.97 Å². The number of carbonyl (C=O) groups excluding carboxylic acids is 1. The maximum Gasteiger partial charge on any atom is 0.312 e. The monoisotopic (exact) mass is 314 g/mol. The van der Waals surface area contributed by atoms with Gasteiger partial charge in [-0.15, -0.1) is 0 Å². The first kappa shape index (κ1) is 15.2. The lowest BCUT2D eigenvalue weighted by Crippen LogP contribution is -2.39. The molecule has 1 N–H and O–H groups in total. The molecule has 0 saturated carbocycles. The van der Waals surface area contributed by atoms with Crippen LogP contribution < -0.4 is 5.32 Å². The minimum absolute atomic E-state index is 0.0630. The Labute approximate surface area is 138 Å². The highest BCUT2D eigenvalue weighted by Gasteiger charge is 2.49. The van der Waals surface area contributed by atoms with E-state index in [0.717, 1.165) is 64.8 Å². The van der Waals surface area contributed by atoms with Crippen LogP contribution >= 0.6 is 0 Å². The summed E-state index contributed by atoms with van der Waals surface area (Å²) >= 11 is 0. The maximum absolute atomic E-state index is 12.3. The molecule has 4 nitrogen and oxygen atoms in total. The van der Waals surface area contributed by atoms with Crippen molar-refractivity contribution in [1.29, 1.82) is 0 Å². The molecule has 3 aliphatic rings. The number of benzene rings is 1. The number of nitrogens with zero attached hydrogens (tertiary/aromatic N) is 1. The predicted molar refractivity (Wildman–Crippen MR) is 89.1 cm³/mol. The molecule has 0 aliphatic carbocycles. The molecule has 1 unspecified atom stereocenters. The Hall–Kier alpha value is -1.39. The number of piperidine rings is 1. The van der Waals surface area contributed by atoms with E-state index in [1.54, 1.807) is 0 Å². The highest BCUT2D eigenvalue weighted by Crippen LogP contribution is 2.42. The van der Waals surface area contributed by atoms with Gasteiger partial charge in [-0.05, 0) is 49.9 Å². The second kappa shape index (κ2) is 6.25. The summed E-state index contributed by atoms with van der Waals surface area (Å²) in [4.78, 5) is 14.8. The van der Waals surface area contributed by atoms with Crippen LogP contribution in [0, 0.1) is 5.41 Å². The molecule has 0 aromatic heterocycles. The summed E-state index contributed by atoms with van der Waals surface area (Å²) in [5.74, 6) is 0.0630. The zero-order chi connectivity index (χ0) is 15.7. The quantitative estimate of drug-likeness (QED) is 0.868. The third-order valence-corrected chi connectivity index (χ3v) is 5.86. The highest BCUT2D eigenvalue weighted by molar-refractivity contribution is 5.79. The second-order valence-corrected chi connectivity index (χ2v) is 7.35. The van der Waals surface area contributed by atoms with Gasteiger partial charge in [-0.1, -0.05) is 24.3 Å². The van der Waals surface area contributed by atoms with Crippen LogP contribution in [-0.2, 0) is 22.5 Å². The molecule has 1 aromatic carbocycles. The summed E-state index contributed by atoms with van der Waals surface area (Å²) in [5, 5.41) is 3.35. The van der Waals surface area contributed by atoms with E-state index in [9.17, 15) is 4.79 Å². The molecule has 3 heterocycles. The average Bonchev–Trinajstić information content (AvgIpc) is 2.89. The first-order valence-electron chi connectivity index (χ1n) is 8.96. The van der Waals surface area contributed by atoms with Gasteiger partial charge in [0.05, 0.1) is 5.41 Å². The number of hydrogen-bond acceptors (Lipinski definition) is 4. The van der Waals surface area contributed by atoms with Crippen molar-refractivity contribution in [2.24, 2.45) is 5.41 Å². The van der Waals surface area contributed by atoms with E-state index in [2.05, 4.69) is 34.5 Å². The second-order valence-electron chi connectivity index (χ2n) is 7.35. The molecule has 124 valence electrons. The van der Waals surface area contributed by atoms with E-state index in [-0.39, 0.29) is 17.5 Å². The molecular formula is C19H26N2O2. The van der Waals surface area contributed by atoms with Crippen LogP contribution in [0.1, 0.15) is 36.8 Å². The summed E-state index contributed by atoms with van der Waals surface area (Å²) in [6.45, 7) is 5.08. The summed E-state index contributed by atoms with van der Waals surface area (Å²) in [5.41, 5.74) is 2.77. The Bertz CT molecular complexity index is 580. The number of nitrogens with one attached hydrogen (secondary N) is 1. The Morgan fingerprint density at radius 1 is 1.22 bits per heavy atom. The fourth-order valence-corrected chi connectivity index (χ4v) is 4.38. The molecule has 2 fully saturated rings. The van der Waals surface area contributed by atoms with Crippen molar-refractivity contribution in [3.8, 4) is 0 Å². The molecule has 0 bridgehead atoms. The van der Waals surface area contributed by atoms with Crippen LogP contribution in [-0.4, -0.2) is 43.2 Å². The van der Waals surface area contributed by atoms with E-state index in [1.165, 1.54) is 11.1 Å². The van der Waals surface area contributed by atoms with Crippen LogP contribution in [0.15, 0.2) is 24.3 Å². The van der Waals surface area contributed by atoms with E-state index in [0.29, 0.717) is 0 Å². The van der Waals surface area contributed by atoms with Crippen LogP contribution in [0.3, 0.4) is 0 Å². The normalized spacial score (nSPS) is 27.0. The minimum atomic E-state index is -0.176. The van der Waals surface area contributed by atoms with Crippen LogP contribution in [0.4, 0.5) is 0 Å². The minimum Gasteiger partial charge on any atom is -0.462 e. The zero-order valence-electron chi connectivity index (χ0n) is 13.7. The van der Waals surface area contributed by atoms with E-state index < -0.39 is 0 Å². The van der Waals surface area contributed by atoms with Crippen molar-refractivity contribution in [2.75, 3.05) is 26.2 Å². The van der Waals surface area contributed by atoms with Gasteiger partial charge in [-0.3, -0.25) is 9.69 Å². The maximum atomic E-state index is 12.3. The van der Waals surface area contributed by atoms with Crippen molar-refractivity contribution in [2.45, 2.75) is 44.8 Å². The van der Waals surface area contributed by atoms with E-state index in [1.807, 2.05) is 0 Å². The third-order valence-electron chi connectivity index (χ3n) is 5.86. The molecule has 1 aromatic rings. The van der Waals surface area contributed by atoms with Crippen LogP contribution in [0.25, 0.3) is 0 Å². The van der Waals surface area contributed by atoms with Gasteiger partial charge < -0.3 is 10.1 Å². The largest absolute Gasteiger partial charge is 0.462 e. The average molecular weight is 314 g/mol. The van der Waals surface area contributed by atoms with Crippen LogP contribution in [0.5, 0.6) is 0 Å². The summed E-state index contributed by atoms with van der Waals surface area (Å²) < 4.78 is 5.72. The van der Waals surface area contributed by atoms with Gasteiger partial charge in [0.25, 0.3) is 0 Å². The standard InChI is InChI=1S/C19H26N2O2/c22-18-19(7-9-20-10-8-19)13-17(23-18)6-12-21-11-5-15-3-1-2-4-16(15)14-21/h1-4,17,20H,5-14H2. The van der Waals surface area contributed by atoms with Crippen molar-refractivity contribution in [3.05, 3.63) is 35.4 Å². The Morgan fingerprint density at radius 2 is 2.00 bits per heavy atom. The van der Waals surface area contributed by atoms with Gasteiger partial charge in [-0.25, -0.2) is 0 Å². The molecule has 3 aliphatic heterocycles. The Morgan fingerprint density at radius 3 is 2.83 bits per heavy atom. The SMILES string of the molecule is O=C1OC(CCN2CCc3ccccc3C2)CC12CCNCC2. The molecule has 23 heavy (non-hydrogen) atoms. The number of hydrogen-bond donors (Lipinski definition) is 1. The molecule has 1 atom stereocenters. The molecule has 0 amide bonds. The first-order valence-corrected chi connectivity index (χ1v) is 8.96. The molecule has 2 saturated heterocycles. The lowest BCUT2D eigenvalue weighted by atomic mass is 9.76. The number of carbonyl (C=O) groups is 1. The molecular weight excluding hydrogens is 288 g/mol. The highest BCUT2D eigenvalue weighted by atomic mass is 16.6. The van der Waals surface area contributed by atoms with E-state index in [4.69, 9.17) is 4.74 Å². The summed E-state index contributed by atoms with van der Waals surface area (Å²) in [6, 6.07) is 8.74. The Balaban J connectivity index is 1.31. The molecule has 4 rings (SSSR count). The molecule has 1 spiro atoms. The van der Waals surface area contributed by atoms with Gasteiger partial charge in [-0.2, -0.15) is 0 Å². The zero-order valence-corrected chi connectivity index (χ0v) is 13.7. The van der Waals surface area contributed by atoms with Crippen molar-refractivity contribution in [3.63, 3.8) is 0 Å². The van der Waals surface area contributed by atoms with Crippen molar-refractivity contribution >= 4 is 5.97 Å². The molecule has 4 heteroatoms. The molecule has 0 radical (unpaired) electrons. The van der Waals surface area contributed by atoms with Crippen molar-refractivity contribution < 1.29 is 9.53 Å². The first-order chi connectivity index (χ1) is 11.3. The number of fused-ring (bicyclic) bond motifs is 1. The lowest BCUT2D eigenvalue weighted by molar-refractivity contribution is -0.150. The number of cyclic esters (lactones) is 1. The Kier molecular flexibility index (Phi) is 4.12. The smallest absolute Gasteiger partial charge is 0.312 e. The fourth-order valence-electron chi connectivity index (χ4n) is 4.38. The van der Waals surface area contributed by atoms with Gasteiger partial charge in [0, 0.05) is 26.1 Å². The van der Waals surface area contributed by atoms with Gasteiger partial charge in [0.15, 0.2) is 0 Å². The van der Waals surface area contributed by atoms with Crippen LogP contribution in [0.2, 0.25) is 0 Å². The third kappa shape index (κ3) is 3.02. The van der Waals surface area contributed by atoms with Gasteiger partial charge in [0.2, 0.25) is 0 Å². The lowest BCUT2D eigenvalue weighted by Gasteiger charge is -2.30. The number of ether oxygens (including phenoxy) is 1. The number of rotatable bonds is 3. The fraction of sp³-hybridized carbons (Fsp3) is 0.632. The van der Waals surface area contributed by atoms with Gasteiger partial charge in [0.1, 0.15) is 6.10 Å². The number of esters is 1. The topological polar surface area (TPSA) is 41.6 Å². The summed E-state index contributed by atoms with van der Waals surface area (Å²) in [6.07, 6.45) is 5.05. The summed E-state index contributed by atoms with van der Waals surface area (Å²) in [7, 11) is 0. The predicted octanol–water partition coefficient (Wildman–Crippen LogP) is 2.12. The van der Waals surface area contributed by atoms with E-state index >= 15 is 0 Å².